The van der Waals surface area contributed by atoms with Crippen LogP contribution >= 0.6 is 15.9 Å². The molecule has 3 rings (SSSR count). The Balaban J connectivity index is 1.80. The van der Waals surface area contributed by atoms with E-state index in [9.17, 15) is 14.7 Å². The number of nitrogens with one attached hydrogen (secondary N) is 1. The molecule has 29 heavy (non-hydrogen) atoms. The van der Waals surface area contributed by atoms with Crippen LogP contribution in [-0.4, -0.2) is 23.2 Å². The van der Waals surface area contributed by atoms with Crippen molar-refractivity contribution in [1.82, 2.24) is 0 Å². The molecule has 2 aromatic carbocycles. The van der Waals surface area contributed by atoms with E-state index in [1.54, 1.807) is 13.1 Å². The van der Waals surface area contributed by atoms with Crippen molar-refractivity contribution in [1.29, 1.82) is 0 Å². The highest BCUT2D eigenvalue weighted by Gasteiger charge is 2.58. The summed E-state index contributed by atoms with van der Waals surface area (Å²) >= 11 is 3.41. The molecule has 0 heterocycles. The minimum absolute atomic E-state index is 0.161. The first kappa shape index (κ1) is 21.2. The molecule has 0 radical (unpaired) electrons. The highest BCUT2D eigenvalue weighted by Crippen LogP contribution is 2.56. The molecule has 0 spiro atoms. The quantitative estimate of drug-likeness (QED) is 0.569. The predicted molar refractivity (Wildman–Crippen MR) is 119 cm³/mol. The Hall–Kier alpha value is -2.47. The molecule has 0 aliphatic heterocycles. The zero-order valence-corrected chi connectivity index (χ0v) is 18.4. The van der Waals surface area contributed by atoms with Gasteiger partial charge in [0.15, 0.2) is 0 Å². The van der Waals surface area contributed by atoms with Gasteiger partial charge in [-0.1, -0.05) is 54.0 Å². The van der Waals surface area contributed by atoms with Crippen molar-refractivity contribution in [2.45, 2.75) is 33.6 Å². The van der Waals surface area contributed by atoms with Crippen LogP contribution in [0.1, 0.15) is 39.2 Å². The average molecular weight is 457 g/mol. The lowest BCUT2D eigenvalue weighted by Crippen LogP contribution is -2.43. The summed E-state index contributed by atoms with van der Waals surface area (Å²) in [5.41, 5.74) is 0.641. The van der Waals surface area contributed by atoms with Gasteiger partial charge in [-0.25, -0.2) is 0 Å². The standard InChI is InChI=1S/C23H25BrN2O3/c1-22(2)17(12-13-23(22,3)21(28)29)20(27)26-19-7-5-4-6-18(19)25-14-15-8-10-16(24)11-9-15/h4-11,14,17H,12-13H2,1-3H3,(H,26,27)(H,28,29). The monoisotopic (exact) mass is 456 g/mol. The first-order valence-electron chi connectivity index (χ1n) is 9.58. The number of aliphatic imine (C=N–C) groups is 1. The maximum Gasteiger partial charge on any atom is 0.309 e. The molecule has 2 atom stereocenters. The van der Waals surface area contributed by atoms with Gasteiger partial charge in [0.05, 0.1) is 16.8 Å². The zero-order valence-electron chi connectivity index (χ0n) is 16.8. The lowest BCUT2D eigenvalue weighted by Gasteiger charge is -2.37. The lowest BCUT2D eigenvalue weighted by molar-refractivity contribution is -0.154. The van der Waals surface area contributed by atoms with Crippen LogP contribution in [-0.2, 0) is 9.59 Å². The van der Waals surface area contributed by atoms with E-state index < -0.39 is 16.8 Å². The molecular formula is C23H25BrN2O3. The van der Waals surface area contributed by atoms with Crippen molar-refractivity contribution in [3.8, 4) is 0 Å². The summed E-state index contributed by atoms with van der Waals surface area (Å²) in [5.74, 6) is -1.39. The van der Waals surface area contributed by atoms with Crippen LogP contribution in [0.4, 0.5) is 11.4 Å². The van der Waals surface area contributed by atoms with E-state index in [4.69, 9.17) is 0 Å². The smallest absolute Gasteiger partial charge is 0.309 e. The number of aliphatic carboxylic acids is 1. The van der Waals surface area contributed by atoms with Gasteiger partial charge in [0.1, 0.15) is 0 Å². The summed E-state index contributed by atoms with van der Waals surface area (Å²) in [7, 11) is 0. The molecule has 152 valence electrons. The van der Waals surface area contributed by atoms with E-state index >= 15 is 0 Å². The molecule has 1 fully saturated rings. The van der Waals surface area contributed by atoms with Crippen molar-refractivity contribution < 1.29 is 14.7 Å². The first-order chi connectivity index (χ1) is 13.6. The number of rotatable bonds is 5. The van der Waals surface area contributed by atoms with Gasteiger partial charge in [-0.3, -0.25) is 14.6 Å². The zero-order chi connectivity index (χ0) is 21.2. The highest BCUT2D eigenvalue weighted by atomic mass is 79.9. The Bertz CT molecular complexity index is 953. The average Bonchev–Trinajstić information content (AvgIpc) is 2.93. The molecule has 6 heteroatoms. The summed E-state index contributed by atoms with van der Waals surface area (Å²) < 4.78 is 0.995. The second kappa shape index (κ2) is 8.11. The summed E-state index contributed by atoms with van der Waals surface area (Å²) in [4.78, 5) is 29.4. The molecule has 5 nitrogen and oxygen atoms in total. The van der Waals surface area contributed by atoms with Crippen molar-refractivity contribution in [3.05, 3.63) is 58.6 Å². The summed E-state index contributed by atoms with van der Waals surface area (Å²) in [5, 5.41) is 12.7. The van der Waals surface area contributed by atoms with Crippen LogP contribution in [0.5, 0.6) is 0 Å². The predicted octanol–water partition coefficient (Wildman–Crippen LogP) is 5.67. The topological polar surface area (TPSA) is 78.8 Å². The van der Waals surface area contributed by atoms with Crippen LogP contribution in [0.25, 0.3) is 0 Å². The molecule has 2 unspecified atom stereocenters. The summed E-state index contributed by atoms with van der Waals surface area (Å²) in [6, 6.07) is 15.1. The van der Waals surface area contributed by atoms with Gasteiger partial charge in [0.2, 0.25) is 5.91 Å². The number of para-hydroxylation sites is 2. The molecule has 1 aliphatic rings. The number of carboxylic acid groups (broad SMARTS) is 1. The largest absolute Gasteiger partial charge is 0.481 e. The molecule has 0 bridgehead atoms. The number of nitrogens with zero attached hydrogens (tertiary/aromatic N) is 1. The van der Waals surface area contributed by atoms with Gasteiger partial charge in [-0.05, 0) is 55.0 Å². The number of hydrogen-bond acceptors (Lipinski definition) is 3. The fourth-order valence-corrected chi connectivity index (χ4v) is 4.21. The van der Waals surface area contributed by atoms with Crippen molar-refractivity contribution >= 4 is 45.4 Å². The maximum absolute atomic E-state index is 13.0. The van der Waals surface area contributed by atoms with Gasteiger partial charge in [0.25, 0.3) is 0 Å². The number of amides is 1. The van der Waals surface area contributed by atoms with Crippen LogP contribution in [0.2, 0.25) is 0 Å². The number of anilines is 1. The van der Waals surface area contributed by atoms with Gasteiger partial charge in [0, 0.05) is 16.6 Å². The Kier molecular flexibility index (Phi) is 5.94. The minimum atomic E-state index is -0.922. The van der Waals surface area contributed by atoms with Crippen molar-refractivity contribution in [2.75, 3.05) is 5.32 Å². The van der Waals surface area contributed by atoms with Crippen LogP contribution in [0.3, 0.4) is 0 Å². The molecule has 2 N–H and O–H groups in total. The molecule has 2 aromatic rings. The SMILES string of the molecule is CC1(C(=O)O)CCC(C(=O)Nc2ccccc2N=Cc2ccc(Br)cc2)C1(C)C. The van der Waals surface area contributed by atoms with Crippen molar-refractivity contribution in [3.63, 3.8) is 0 Å². The third-order valence-electron chi connectivity index (χ3n) is 6.40. The molecule has 0 aromatic heterocycles. The van der Waals surface area contributed by atoms with Gasteiger partial charge in [-0.2, -0.15) is 0 Å². The number of carboxylic acids is 1. The van der Waals surface area contributed by atoms with E-state index in [2.05, 4.69) is 26.2 Å². The summed E-state index contributed by atoms with van der Waals surface area (Å²) in [6.07, 6.45) is 2.78. The number of halogens is 1. The number of carbonyl (C=O) groups excluding carboxylic acids is 1. The number of carbonyl (C=O) groups is 2. The van der Waals surface area contributed by atoms with E-state index in [0.717, 1.165) is 10.0 Å². The van der Waals surface area contributed by atoms with E-state index in [1.165, 1.54) is 0 Å². The highest BCUT2D eigenvalue weighted by molar-refractivity contribution is 9.10. The third kappa shape index (κ3) is 4.13. The number of benzene rings is 2. The third-order valence-corrected chi connectivity index (χ3v) is 6.93. The normalized spacial score (nSPS) is 23.2. The Labute approximate surface area is 179 Å². The Morgan fingerprint density at radius 3 is 2.41 bits per heavy atom. The van der Waals surface area contributed by atoms with Gasteiger partial charge in [-0.15, -0.1) is 0 Å². The first-order valence-corrected chi connectivity index (χ1v) is 10.4. The van der Waals surface area contributed by atoms with E-state index in [-0.39, 0.29) is 11.8 Å². The molecule has 1 amide bonds. The van der Waals surface area contributed by atoms with Crippen molar-refractivity contribution in [2.24, 2.45) is 21.7 Å². The van der Waals surface area contributed by atoms with Gasteiger partial charge >= 0.3 is 5.97 Å². The van der Waals surface area contributed by atoms with Crippen LogP contribution in [0, 0.1) is 16.7 Å². The van der Waals surface area contributed by atoms with Crippen LogP contribution < -0.4 is 5.32 Å². The maximum atomic E-state index is 13.0. The second-order valence-corrected chi connectivity index (χ2v) is 9.18. The lowest BCUT2D eigenvalue weighted by atomic mass is 9.65. The Morgan fingerprint density at radius 2 is 1.79 bits per heavy atom. The fourth-order valence-electron chi connectivity index (χ4n) is 3.95. The van der Waals surface area contributed by atoms with E-state index in [0.29, 0.717) is 24.2 Å². The summed E-state index contributed by atoms with van der Waals surface area (Å²) in [6.45, 7) is 5.48. The molecular weight excluding hydrogens is 432 g/mol. The molecule has 1 aliphatic carbocycles. The minimum Gasteiger partial charge on any atom is -0.481 e. The Morgan fingerprint density at radius 1 is 1.14 bits per heavy atom. The fraction of sp³-hybridized carbons (Fsp3) is 0.348. The second-order valence-electron chi connectivity index (χ2n) is 8.27. The number of hydrogen-bond donors (Lipinski definition) is 2. The van der Waals surface area contributed by atoms with Gasteiger partial charge < -0.3 is 10.4 Å². The van der Waals surface area contributed by atoms with E-state index in [1.807, 2.05) is 62.4 Å². The van der Waals surface area contributed by atoms with Crippen LogP contribution in [0.15, 0.2) is 58.0 Å². The molecule has 1 saturated carbocycles. The molecule has 0 saturated heterocycles.